The third kappa shape index (κ3) is 3.92. The number of ether oxygens (including phenoxy) is 1. The topological polar surface area (TPSA) is 67.4 Å². The summed E-state index contributed by atoms with van der Waals surface area (Å²) in [6.45, 7) is 3.60. The van der Waals surface area contributed by atoms with Crippen LogP contribution >= 0.6 is 11.6 Å². The fraction of sp³-hybridized carbons (Fsp3) is 0.333. The van der Waals surface area contributed by atoms with Crippen LogP contribution in [0.15, 0.2) is 12.1 Å². The molecule has 0 heterocycles. The maximum absolute atomic E-state index is 11.6. The van der Waals surface area contributed by atoms with Crippen LogP contribution in [0.1, 0.15) is 11.1 Å². The molecule has 0 fully saturated rings. The highest BCUT2D eigenvalue weighted by Crippen LogP contribution is 2.27. The number of rotatable bonds is 3. The molecule has 0 radical (unpaired) electrons. The number of carbonyl (C=O) groups excluding carboxylic acids is 2. The van der Waals surface area contributed by atoms with E-state index in [1.54, 1.807) is 6.07 Å². The fourth-order valence-corrected chi connectivity index (χ4v) is 1.85. The number of nitrogens with one attached hydrogen (secondary N) is 2. The highest BCUT2D eigenvalue weighted by molar-refractivity contribution is 6.34. The van der Waals surface area contributed by atoms with Gasteiger partial charge >= 0.3 is 6.09 Å². The molecular weight excluding hydrogens is 256 g/mol. The Bertz CT molecular complexity index is 451. The van der Waals surface area contributed by atoms with E-state index in [-0.39, 0.29) is 12.5 Å². The molecule has 0 aliphatic heterocycles. The number of carbonyl (C=O) groups is 2. The number of methoxy groups -OCH3 is 1. The van der Waals surface area contributed by atoms with Gasteiger partial charge in [-0.05, 0) is 31.0 Å². The average molecular weight is 271 g/mol. The second-order valence-corrected chi connectivity index (χ2v) is 4.24. The Balaban J connectivity index is 2.68. The van der Waals surface area contributed by atoms with Crippen molar-refractivity contribution in [2.45, 2.75) is 13.8 Å². The summed E-state index contributed by atoms with van der Waals surface area (Å²) in [6.07, 6.45) is -0.656. The minimum Gasteiger partial charge on any atom is -0.453 e. The predicted octanol–water partition coefficient (Wildman–Crippen LogP) is 2.25. The molecule has 5 nitrogen and oxygen atoms in total. The number of hydrogen-bond donors (Lipinski definition) is 2. The van der Waals surface area contributed by atoms with Crippen molar-refractivity contribution in [3.63, 3.8) is 0 Å². The van der Waals surface area contributed by atoms with Gasteiger partial charge in [-0.15, -0.1) is 0 Å². The number of hydrogen-bond acceptors (Lipinski definition) is 3. The first kappa shape index (κ1) is 14.3. The molecule has 0 saturated heterocycles. The zero-order valence-corrected chi connectivity index (χ0v) is 11.2. The van der Waals surface area contributed by atoms with Crippen LogP contribution in [-0.4, -0.2) is 25.7 Å². The maximum atomic E-state index is 11.6. The van der Waals surface area contributed by atoms with Crippen molar-refractivity contribution in [2.24, 2.45) is 0 Å². The van der Waals surface area contributed by atoms with E-state index in [1.165, 1.54) is 7.11 Å². The quantitative estimate of drug-likeness (QED) is 0.885. The third-order valence-electron chi connectivity index (χ3n) is 2.27. The second kappa shape index (κ2) is 6.26. The lowest BCUT2D eigenvalue weighted by molar-refractivity contribution is -0.115. The van der Waals surface area contributed by atoms with Crippen LogP contribution < -0.4 is 10.6 Å². The van der Waals surface area contributed by atoms with E-state index in [4.69, 9.17) is 11.6 Å². The van der Waals surface area contributed by atoms with Crippen LogP contribution in [0.4, 0.5) is 10.5 Å². The first-order valence-electron chi connectivity index (χ1n) is 5.32. The van der Waals surface area contributed by atoms with Crippen molar-refractivity contribution in [1.82, 2.24) is 5.32 Å². The van der Waals surface area contributed by atoms with Crippen LogP contribution in [0.25, 0.3) is 0 Å². The van der Waals surface area contributed by atoms with Crippen LogP contribution in [0, 0.1) is 13.8 Å². The maximum Gasteiger partial charge on any atom is 0.407 e. The number of aryl methyl sites for hydroxylation is 2. The van der Waals surface area contributed by atoms with Gasteiger partial charge in [-0.2, -0.15) is 0 Å². The van der Waals surface area contributed by atoms with Crippen molar-refractivity contribution in [2.75, 3.05) is 19.0 Å². The van der Waals surface area contributed by atoms with Gasteiger partial charge in [0.1, 0.15) is 6.54 Å². The summed E-state index contributed by atoms with van der Waals surface area (Å²) < 4.78 is 4.36. The molecule has 0 saturated carbocycles. The smallest absolute Gasteiger partial charge is 0.407 e. The highest BCUT2D eigenvalue weighted by Gasteiger charge is 2.10. The molecule has 6 heteroatoms. The lowest BCUT2D eigenvalue weighted by Gasteiger charge is -2.11. The Morgan fingerprint density at radius 1 is 1.33 bits per heavy atom. The predicted molar refractivity (Wildman–Crippen MR) is 70.0 cm³/mol. The van der Waals surface area contributed by atoms with E-state index in [9.17, 15) is 9.59 Å². The molecule has 0 bridgehead atoms. The number of halogens is 1. The lowest BCUT2D eigenvalue weighted by Crippen LogP contribution is -2.32. The molecule has 1 aromatic carbocycles. The second-order valence-electron chi connectivity index (χ2n) is 3.83. The zero-order valence-electron chi connectivity index (χ0n) is 10.5. The van der Waals surface area contributed by atoms with Crippen LogP contribution in [0.5, 0.6) is 0 Å². The minimum absolute atomic E-state index is 0.170. The number of amides is 2. The molecule has 0 unspecified atom stereocenters. The summed E-state index contributed by atoms with van der Waals surface area (Å²) in [5.41, 5.74) is 2.44. The van der Waals surface area contributed by atoms with E-state index in [1.807, 2.05) is 19.9 Å². The summed E-state index contributed by atoms with van der Waals surface area (Å²) in [6, 6.07) is 3.67. The molecule has 98 valence electrons. The van der Waals surface area contributed by atoms with Gasteiger partial charge in [0.2, 0.25) is 5.91 Å². The summed E-state index contributed by atoms with van der Waals surface area (Å²) in [7, 11) is 1.23. The largest absolute Gasteiger partial charge is 0.453 e. The van der Waals surface area contributed by atoms with Gasteiger partial charge in [-0.1, -0.05) is 17.7 Å². The van der Waals surface area contributed by atoms with Crippen LogP contribution in [0.3, 0.4) is 0 Å². The number of anilines is 1. The molecule has 0 aliphatic carbocycles. The van der Waals surface area contributed by atoms with Crippen molar-refractivity contribution in [3.05, 3.63) is 28.3 Å². The molecule has 1 rings (SSSR count). The Morgan fingerprint density at radius 3 is 2.56 bits per heavy atom. The van der Waals surface area contributed by atoms with Gasteiger partial charge in [0.05, 0.1) is 17.8 Å². The van der Waals surface area contributed by atoms with Gasteiger partial charge in [0.25, 0.3) is 0 Å². The first-order valence-corrected chi connectivity index (χ1v) is 5.70. The molecule has 2 N–H and O–H groups in total. The Labute approximate surface area is 110 Å². The Hall–Kier alpha value is -1.75. The fourth-order valence-electron chi connectivity index (χ4n) is 1.48. The molecule has 0 aliphatic rings. The Morgan fingerprint density at radius 2 is 2.00 bits per heavy atom. The molecule has 2 amide bonds. The van der Waals surface area contributed by atoms with E-state index in [0.717, 1.165) is 11.1 Å². The summed E-state index contributed by atoms with van der Waals surface area (Å²) in [5, 5.41) is 5.40. The van der Waals surface area contributed by atoms with Crippen LogP contribution in [-0.2, 0) is 9.53 Å². The normalized spacial score (nSPS) is 9.78. The van der Waals surface area contributed by atoms with E-state index in [2.05, 4.69) is 15.4 Å². The summed E-state index contributed by atoms with van der Waals surface area (Å²) in [5.74, 6) is -0.366. The molecule has 1 aromatic rings. The van der Waals surface area contributed by atoms with Crippen molar-refractivity contribution in [1.29, 1.82) is 0 Å². The number of benzene rings is 1. The van der Waals surface area contributed by atoms with E-state index in [0.29, 0.717) is 10.7 Å². The van der Waals surface area contributed by atoms with Gasteiger partial charge in [-0.3, -0.25) is 4.79 Å². The summed E-state index contributed by atoms with van der Waals surface area (Å²) >= 11 is 6.04. The van der Waals surface area contributed by atoms with Crippen molar-refractivity contribution in [3.8, 4) is 0 Å². The average Bonchev–Trinajstić information content (AvgIpc) is 2.30. The van der Waals surface area contributed by atoms with Crippen LogP contribution in [0.2, 0.25) is 5.02 Å². The molecule has 0 atom stereocenters. The van der Waals surface area contributed by atoms with Crippen molar-refractivity contribution >= 4 is 29.3 Å². The third-order valence-corrected chi connectivity index (χ3v) is 2.57. The number of alkyl carbamates (subject to hydrolysis) is 1. The minimum atomic E-state index is -0.656. The van der Waals surface area contributed by atoms with Gasteiger partial charge in [0, 0.05) is 0 Å². The highest BCUT2D eigenvalue weighted by atomic mass is 35.5. The van der Waals surface area contributed by atoms with Crippen molar-refractivity contribution < 1.29 is 14.3 Å². The van der Waals surface area contributed by atoms with Gasteiger partial charge in [0.15, 0.2) is 0 Å². The molecular formula is C12H15ClN2O3. The summed E-state index contributed by atoms with van der Waals surface area (Å²) in [4.78, 5) is 22.4. The molecule has 0 aromatic heterocycles. The monoisotopic (exact) mass is 270 g/mol. The first-order chi connectivity index (χ1) is 8.43. The zero-order chi connectivity index (χ0) is 13.7. The standard InChI is InChI=1S/C12H15ClN2O3/c1-7-4-8(2)11(9(13)5-7)15-10(16)6-14-12(17)18-3/h4-5H,6H2,1-3H3,(H,14,17)(H,15,16). The van der Waals surface area contributed by atoms with E-state index < -0.39 is 6.09 Å². The van der Waals surface area contributed by atoms with Gasteiger partial charge < -0.3 is 15.4 Å². The van der Waals surface area contributed by atoms with Gasteiger partial charge in [-0.25, -0.2) is 4.79 Å². The Kier molecular flexibility index (Phi) is 4.97. The molecule has 0 spiro atoms. The SMILES string of the molecule is COC(=O)NCC(=O)Nc1c(C)cc(C)cc1Cl. The molecule has 18 heavy (non-hydrogen) atoms. The lowest BCUT2D eigenvalue weighted by atomic mass is 10.1. The van der Waals surface area contributed by atoms with E-state index >= 15 is 0 Å².